The zero-order valence-electron chi connectivity index (χ0n) is 14.8. The average molecular weight is 359 g/mol. The Morgan fingerprint density at radius 1 is 1.15 bits per heavy atom. The molecule has 0 fully saturated rings. The van der Waals surface area contributed by atoms with Crippen LogP contribution < -0.4 is 10.5 Å². The Morgan fingerprint density at radius 3 is 2.56 bits per heavy atom. The fourth-order valence-electron chi connectivity index (χ4n) is 3.18. The van der Waals surface area contributed by atoms with Gasteiger partial charge in [-0.05, 0) is 24.3 Å². The smallest absolute Gasteiger partial charge is 0.159 e. The minimum absolute atomic E-state index is 0.229. The Labute approximate surface area is 156 Å². The highest BCUT2D eigenvalue weighted by atomic mass is 16.5. The molecule has 1 aromatic carbocycles. The van der Waals surface area contributed by atoms with Gasteiger partial charge >= 0.3 is 0 Å². The van der Waals surface area contributed by atoms with Gasteiger partial charge in [-0.3, -0.25) is 0 Å². The van der Waals surface area contributed by atoms with Crippen LogP contribution in [0, 0.1) is 11.3 Å². The molecular weight excluding hydrogens is 342 g/mol. The molecule has 2 N–H and O–H groups in total. The van der Waals surface area contributed by atoms with E-state index in [1.807, 2.05) is 24.3 Å². The third-order valence-electron chi connectivity index (χ3n) is 4.54. The van der Waals surface area contributed by atoms with Crippen molar-refractivity contribution in [3.8, 4) is 34.3 Å². The van der Waals surface area contributed by atoms with Gasteiger partial charge in [-0.25, -0.2) is 15.0 Å². The number of aromatic nitrogens is 3. The van der Waals surface area contributed by atoms with E-state index < -0.39 is 0 Å². The first-order valence-electron chi connectivity index (χ1n) is 8.47. The lowest BCUT2D eigenvalue weighted by atomic mass is 9.94. The lowest BCUT2D eigenvalue weighted by molar-refractivity contribution is 0.109. The average Bonchev–Trinajstić information content (AvgIpc) is 2.73. The van der Waals surface area contributed by atoms with Crippen molar-refractivity contribution in [2.45, 2.75) is 13.0 Å². The number of rotatable bonds is 3. The van der Waals surface area contributed by atoms with E-state index in [1.54, 1.807) is 19.5 Å². The number of hydrogen-bond donors (Lipinski definition) is 1. The van der Waals surface area contributed by atoms with E-state index in [0.717, 1.165) is 28.1 Å². The predicted octanol–water partition coefficient (Wildman–Crippen LogP) is 2.74. The molecule has 7 heteroatoms. The fourth-order valence-corrected chi connectivity index (χ4v) is 3.18. The van der Waals surface area contributed by atoms with Crippen LogP contribution in [0.1, 0.15) is 16.8 Å². The number of nitrogen functional groups attached to an aromatic ring is 1. The van der Waals surface area contributed by atoms with Crippen molar-refractivity contribution in [1.82, 2.24) is 15.0 Å². The molecular formula is C20H17N5O2. The SMILES string of the molecule is COc1ccc(-c2ncc(-c3c(C#N)c(N)nc4c3COCC4)cn2)cc1. The van der Waals surface area contributed by atoms with Gasteiger partial charge in [0.2, 0.25) is 0 Å². The molecule has 0 saturated carbocycles. The largest absolute Gasteiger partial charge is 0.497 e. The first kappa shape index (κ1) is 16.9. The topological polar surface area (TPSA) is 107 Å². The molecule has 27 heavy (non-hydrogen) atoms. The minimum atomic E-state index is 0.229. The molecule has 0 saturated heterocycles. The highest BCUT2D eigenvalue weighted by Crippen LogP contribution is 2.34. The van der Waals surface area contributed by atoms with Crippen molar-refractivity contribution in [2.75, 3.05) is 19.5 Å². The molecule has 0 unspecified atom stereocenters. The van der Waals surface area contributed by atoms with Crippen LogP contribution >= 0.6 is 0 Å². The van der Waals surface area contributed by atoms with Crippen LogP contribution in [0.25, 0.3) is 22.5 Å². The van der Waals surface area contributed by atoms with E-state index in [-0.39, 0.29) is 5.82 Å². The standard InChI is InChI=1S/C20H17N5O2/c1-26-14-4-2-12(3-5-14)20-23-9-13(10-24-20)18-15(8-21)19(22)25-17-6-7-27-11-16(17)18/h2-5,9-10H,6-7,11H2,1H3,(H2,22,25). The summed E-state index contributed by atoms with van der Waals surface area (Å²) in [5.74, 6) is 1.59. The predicted molar refractivity (Wildman–Crippen MR) is 99.7 cm³/mol. The Balaban J connectivity index is 1.78. The van der Waals surface area contributed by atoms with Crippen molar-refractivity contribution in [1.29, 1.82) is 5.26 Å². The molecule has 0 amide bonds. The fraction of sp³-hybridized carbons (Fsp3) is 0.200. The van der Waals surface area contributed by atoms with Crippen molar-refractivity contribution < 1.29 is 9.47 Å². The lowest BCUT2D eigenvalue weighted by Crippen LogP contribution is -2.16. The number of fused-ring (bicyclic) bond motifs is 1. The zero-order chi connectivity index (χ0) is 18.8. The summed E-state index contributed by atoms with van der Waals surface area (Å²) < 4.78 is 10.7. The van der Waals surface area contributed by atoms with E-state index in [4.69, 9.17) is 15.2 Å². The van der Waals surface area contributed by atoms with Crippen molar-refractivity contribution >= 4 is 5.82 Å². The number of benzene rings is 1. The molecule has 0 spiro atoms. The second kappa shape index (κ2) is 7.02. The van der Waals surface area contributed by atoms with E-state index >= 15 is 0 Å². The minimum Gasteiger partial charge on any atom is -0.497 e. The maximum Gasteiger partial charge on any atom is 0.159 e. The van der Waals surface area contributed by atoms with Gasteiger partial charge in [0.25, 0.3) is 0 Å². The first-order chi connectivity index (χ1) is 13.2. The number of nitrogens with two attached hydrogens (primary N) is 1. The van der Waals surface area contributed by atoms with Gasteiger partial charge in [0.1, 0.15) is 23.2 Å². The molecule has 1 aliphatic rings. The summed E-state index contributed by atoms with van der Waals surface area (Å²) in [6.45, 7) is 0.991. The highest BCUT2D eigenvalue weighted by molar-refractivity contribution is 5.78. The van der Waals surface area contributed by atoms with Crippen molar-refractivity contribution in [3.05, 3.63) is 53.5 Å². The molecule has 7 nitrogen and oxygen atoms in total. The van der Waals surface area contributed by atoms with Crippen molar-refractivity contribution in [3.63, 3.8) is 0 Å². The zero-order valence-corrected chi connectivity index (χ0v) is 14.8. The van der Waals surface area contributed by atoms with Crippen LogP contribution in [-0.2, 0) is 17.8 Å². The molecule has 1 aliphatic heterocycles. The van der Waals surface area contributed by atoms with E-state index in [0.29, 0.717) is 36.6 Å². The molecule has 4 rings (SSSR count). The molecule has 3 aromatic rings. The summed E-state index contributed by atoms with van der Waals surface area (Å²) in [5.41, 5.74) is 10.4. The number of hydrogen-bond acceptors (Lipinski definition) is 7. The molecule has 0 atom stereocenters. The van der Waals surface area contributed by atoms with Crippen LogP contribution in [0.4, 0.5) is 5.82 Å². The van der Waals surface area contributed by atoms with Gasteiger partial charge in [0.15, 0.2) is 5.82 Å². The number of ether oxygens (including phenoxy) is 2. The quantitative estimate of drug-likeness (QED) is 0.766. The number of anilines is 1. The number of pyridine rings is 1. The number of nitrogens with zero attached hydrogens (tertiary/aromatic N) is 4. The van der Waals surface area contributed by atoms with Gasteiger partial charge in [-0.15, -0.1) is 0 Å². The van der Waals surface area contributed by atoms with Crippen molar-refractivity contribution in [2.24, 2.45) is 0 Å². The summed E-state index contributed by atoms with van der Waals surface area (Å²) in [6, 6.07) is 9.67. The van der Waals surface area contributed by atoms with E-state index in [2.05, 4.69) is 21.0 Å². The number of nitriles is 1. The van der Waals surface area contributed by atoms with Crippen LogP contribution in [0.15, 0.2) is 36.7 Å². The van der Waals surface area contributed by atoms with Crippen LogP contribution in [-0.4, -0.2) is 28.7 Å². The van der Waals surface area contributed by atoms with Gasteiger partial charge < -0.3 is 15.2 Å². The Hall–Kier alpha value is -3.50. The first-order valence-corrected chi connectivity index (χ1v) is 8.47. The molecule has 0 bridgehead atoms. The Kier molecular flexibility index (Phi) is 4.40. The molecule has 134 valence electrons. The van der Waals surface area contributed by atoms with E-state index in [9.17, 15) is 5.26 Å². The van der Waals surface area contributed by atoms with Gasteiger partial charge in [-0.2, -0.15) is 5.26 Å². The molecule has 2 aromatic heterocycles. The van der Waals surface area contributed by atoms with Gasteiger partial charge in [0, 0.05) is 41.1 Å². The number of methoxy groups -OCH3 is 1. The molecule has 0 radical (unpaired) electrons. The third-order valence-corrected chi connectivity index (χ3v) is 4.54. The maximum absolute atomic E-state index is 9.58. The Bertz CT molecular complexity index is 1020. The summed E-state index contributed by atoms with van der Waals surface area (Å²) >= 11 is 0. The summed E-state index contributed by atoms with van der Waals surface area (Å²) in [7, 11) is 1.62. The second-order valence-electron chi connectivity index (χ2n) is 6.11. The van der Waals surface area contributed by atoms with Crippen LogP contribution in [0.3, 0.4) is 0 Å². The summed E-state index contributed by atoms with van der Waals surface area (Å²) in [6.07, 6.45) is 4.08. The monoisotopic (exact) mass is 359 g/mol. The van der Waals surface area contributed by atoms with Crippen LogP contribution in [0.5, 0.6) is 5.75 Å². The maximum atomic E-state index is 9.58. The second-order valence-corrected chi connectivity index (χ2v) is 6.11. The highest BCUT2D eigenvalue weighted by Gasteiger charge is 2.22. The molecule has 0 aliphatic carbocycles. The normalized spacial score (nSPS) is 12.9. The van der Waals surface area contributed by atoms with Gasteiger partial charge in [-0.1, -0.05) is 0 Å². The third kappa shape index (κ3) is 3.07. The molecule has 3 heterocycles. The summed E-state index contributed by atoms with van der Waals surface area (Å²) in [5, 5.41) is 9.58. The Morgan fingerprint density at radius 2 is 1.89 bits per heavy atom. The summed E-state index contributed by atoms with van der Waals surface area (Å²) in [4.78, 5) is 13.3. The van der Waals surface area contributed by atoms with E-state index in [1.165, 1.54) is 0 Å². The van der Waals surface area contributed by atoms with Gasteiger partial charge in [0.05, 0.1) is 26.0 Å². The van der Waals surface area contributed by atoms with Crippen LogP contribution in [0.2, 0.25) is 0 Å². The lowest BCUT2D eigenvalue weighted by Gasteiger charge is -2.21.